The Labute approximate surface area is 94.0 Å². The number of aromatic nitrogens is 1. The normalized spacial score (nSPS) is 11.2. The highest BCUT2D eigenvalue weighted by Crippen LogP contribution is 2.10. The molecule has 0 fully saturated rings. The second-order valence-electron chi connectivity index (χ2n) is 3.10. The zero-order valence-corrected chi connectivity index (χ0v) is 9.51. The molecule has 0 aliphatic rings. The Kier molecular flexibility index (Phi) is 3.73. The van der Waals surface area contributed by atoms with Gasteiger partial charge in [0, 0.05) is 6.92 Å². The standard InChI is InChI=1S/C9H9BrF2N2O/c1-9(11,12)5-13-8(15)6-3-2-4-7(10)14-6/h2-4H,5H2,1H3,(H,13,15). The summed E-state index contributed by atoms with van der Waals surface area (Å²) in [6.45, 7) is 0.0433. The number of rotatable bonds is 3. The summed E-state index contributed by atoms with van der Waals surface area (Å²) in [5, 5.41) is 2.09. The predicted octanol–water partition coefficient (Wildman–Crippen LogP) is 2.23. The first-order chi connectivity index (χ1) is 6.88. The Morgan fingerprint density at radius 2 is 2.27 bits per heavy atom. The lowest BCUT2D eigenvalue weighted by Gasteiger charge is -2.10. The van der Waals surface area contributed by atoms with E-state index >= 15 is 0 Å². The molecule has 3 nitrogen and oxygen atoms in total. The van der Waals surface area contributed by atoms with Gasteiger partial charge in [-0.3, -0.25) is 4.79 Å². The van der Waals surface area contributed by atoms with Gasteiger partial charge in [0.2, 0.25) is 0 Å². The molecule has 1 N–H and O–H groups in total. The van der Waals surface area contributed by atoms with Gasteiger partial charge in [-0.05, 0) is 28.1 Å². The number of carbonyl (C=O) groups excluding carboxylic acids is 1. The van der Waals surface area contributed by atoms with Crippen LogP contribution in [0.5, 0.6) is 0 Å². The molecule has 1 amide bonds. The lowest BCUT2D eigenvalue weighted by atomic mass is 10.3. The van der Waals surface area contributed by atoms with Gasteiger partial charge >= 0.3 is 0 Å². The molecule has 0 saturated carbocycles. The summed E-state index contributed by atoms with van der Waals surface area (Å²) in [5.41, 5.74) is 0.105. The molecule has 0 spiro atoms. The highest BCUT2D eigenvalue weighted by atomic mass is 79.9. The fourth-order valence-corrected chi connectivity index (χ4v) is 1.20. The first-order valence-corrected chi connectivity index (χ1v) is 4.96. The van der Waals surface area contributed by atoms with Gasteiger partial charge in [-0.15, -0.1) is 0 Å². The molecule has 0 aromatic carbocycles. The van der Waals surface area contributed by atoms with Crippen molar-refractivity contribution in [2.75, 3.05) is 6.54 Å². The van der Waals surface area contributed by atoms with E-state index in [-0.39, 0.29) is 5.69 Å². The molecule has 0 radical (unpaired) electrons. The lowest BCUT2D eigenvalue weighted by molar-refractivity contribution is 0.0220. The molecule has 1 rings (SSSR count). The summed E-state index contributed by atoms with van der Waals surface area (Å²) in [5.74, 6) is -3.53. The van der Waals surface area contributed by atoms with Crippen molar-refractivity contribution in [2.24, 2.45) is 0 Å². The number of pyridine rings is 1. The van der Waals surface area contributed by atoms with E-state index in [1.54, 1.807) is 12.1 Å². The molecule has 0 aliphatic carbocycles. The average Bonchev–Trinajstić information content (AvgIpc) is 2.13. The summed E-state index contributed by atoms with van der Waals surface area (Å²) < 4.78 is 25.4. The van der Waals surface area contributed by atoms with Crippen LogP contribution >= 0.6 is 15.9 Å². The van der Waals surface area contributed by atoms with E-state index in [1.165, 1.54) is 6.07 Å². The minimum Gasteiger partial charge on any atom is -0.345 e. The first-order valence-electron chi connectivity index (χ1n) is 4.17. The number of alkyl halides is 2. The number of nitrogens with one attached hydrogen (secondary N) is 1. The van der Waals surface area contributed by atoms with Gasteiger partial charge in [0.15, 0.2) is 0 Å². The molecule has 0 aliphatic heterocycles. The Bertz CT molecular complexity index is 365. The largest absolute Gasteiger partial charge is 0.345 e. The molecule has 0 bridgehead atoms. The predicted molar refractivity (Wildman–Crippen MR) is 54.9 cm³/mol. The summed E-state index contributed by atoms with van der Waals surface area (Å²) in [4.78, 5) is 15.1. The van der Waals surface area contributed by atoms with Gasteiger partial charge in [-0.2, -0.15) is 0 Å². The fraction of sp³-hybridized carbons (Fsp3) is 0.333. The van der Waals surface area contributed by atoms with E-state index < -0.39 is 18.4 Å². The number of nitrogens with zero attached hydrogens (tertiary/aromatic N) is 1. The number of carbonyl (C=O) groups is 1. The van der Waals surface area contributed by atoms with Crippen LogP contribution in [0.15, 0.2) is 22.8 Å². The van der Waals surface area contributed by atoms with Crippen molar-refractivity contribution < 1.29 is 13.6 Å². The number of hydrogen-bond donors (Lipinski definition) is 1. The van der Waals surface area contributed by atoms with Crippen molar-refractivity contribution in [2.45, 2.75) is 12.8 Å². The highest BCUT2D eigenvalue weighted by molar-refractivity contribution is 9.10. The zero-order chi connectivity index (χ0) is 11.5. The Hall–Kier alpha value is -1.04. The topological polar surface area (TPSA) is 42.0 Å². The minimum atomic E-state index is -2.92. The van der Waals surface area contributed by atoms with E-state index in [0.717, 1.165) is 6.92 Å². The minimum absolute atomic E-state index is 0.105. The van der Waals surface area contributed by atoms with Gasteiger partial charge in [0.1, 0.15) is 10.3 Å². The number of hydrogen-bond acceptors (Lipinski definition) is 2. The van der Waals surface area contributed by atoms with E-state index in [4.69, 9.17) is 0 Å². The Balaban J connectivity index is 2.62. The van der Waals surface area contributed by atoms with Crippen LogP contribution < -0.4 is 5.32 Å². The number of amides is 1. The van der Waals surface area contributed by atoms with E-state index in [9.17, 15) is 13.6 Å². The summed E-state index contributed by atoms with van der Waals surface area (Å²) in [6.07, 6.45) is 0. The van der Waals surface area contributed by atoms with Crippen LogP contribution in [0.2, 0.25) is 0 Å². The van der Waals surface area contributed by atoms with Crippen molar-refractivity contribution in [3.63, 3.8) is 0 Å². The SMILES string of the molecule is CC(F)(F)CNC(=O)c1cccc(Br)n1. The molecular weight excluding hydrogens is 270 g/mol. The van der Waals surface area contributed by atoms with Gasteiger partial charge in [-0.1, -0.05) is 6.07 Å². The van der Waals surface area contributed by atoms with Crippen molar-refractivity contribution in [3.8, 4) is 0 Å². The van der Waals surface area contributed by atoms with E-state index in [1.807, 2.05) is 0 Å². The van der Waals surface area contributed by atoms with Crippen LogP contribution in [0.3, 0.4) is 0 Å². The summed E-state index contributed by atoms with van der Waals surface area (Å²) >= 11 is 3.08. The van der Waals surface area contributed by atoms with Gasteiger partial charge in [0.25, 0.3) is 11.8 Å². The van der Waals surface area contributed by atoms with Crippen molar-refractivity contribution in [3.05, 3.63) is 28.5 Å². The van der Waals surface area contributed by atoms with Crippen LogP contribution in [0, 0.1) is 0 Å². The molecule has 1 heterocycles. The third-order valence-electron chi connectivity index (χ3n) is 1.51. The van der Waals surface area contributed by atoms with Crippen molar-refractivity contribution >= 4 is 21.8 Å². The van der Waals surface area contributed by atoms with Crippen LogP contribution in [0.4, 0.5) is 8.78 Å². The maximum Gasteiger partial charge on any atom is 0.270 e. The number of halogens is 3. The van der Waals surface area contributed by atoms with E-state index in [0.29, 0.717) is 4.60 Å². The maximum atomic E-state index is 12.4. The smallest absolute Gasteiger partial charge is 0.270 e. The van der Waals surface area contributed by atoms with Crippen LogP contribution in [0.25, 0.3) is 0 Å². The fourth-order valence-electron chi connectivity index (χ4n) is 0.861. The lowest BCUT2D eigenvalue weighted by Crippen LogP contribution is -2.34. The third kappa shape index (κ3) is 4.33. The summed E-state index contributed by atoms with van der Waals surface area (Å²) in [7, 11) is 0. The molecule has 15 heavy (non-hydrogen) atoms. The molecular formula is C9H9BrF2N2O. The monoisotopic (exact) mass is 278 g/mol. The molecule has 1 aromatic heterocycles. The van der Waals surface area contributed by atoms with Gasteiger partial charge in [0.05, 0.1) is 6.54 Å². The van der Waals surface area contributed by atoms with Crippen molar-refractivity contribution in [1.82, 2.24) is 10.3 Å². The van der Waals surface area contributed by atoms with Crippen LogP contribution in [0.1, 0.15) is 17.4 Å². The zero-order valence-electron chi connectivity index (χ0n) is 7.93. The van der Waals surface area contributed by atoms with Crippen LogP contribution in [-0.2, 0) is 0 Å². The molecule has 1 aromatic rings. The molecule has 82 valence electrons. The third-order valence-corrected chi connectivity index (χ3v) is 1.95. The average molecular weight is 279 g/mol. The molecule has 6 heteroatoms. The molecule has 0 atom stereocenters. The first kappa shape index (κ1) is 12.0. The maximum absolute atomic E-state index is 12.4. The summed E-state index contributed by atoms with van der Waals surface area (Å²) in [6, 6.07) is 4.70. The highest BCUT2D eigenvalue weighted by Gasteiger charge is 2.22. The second kappa shape index (κ2) is 4.65. The van der Waals surface area contributed by atoms with Gasteiger partial charge < -0.3 is 5.32 Å². The van der Waals surface area contributed by atoms with Crippen LogP contribution in [-0.4, -0.2) is 23.4 Å². The quantitative estimate of drug-likeness (QED) is 0.862. The van der Waals surface area contributed by atoms with Gasteiger partial charge in [-0.25, -0.2) is 13.8 Å². The second-order valence-corrected chi connectivity index (χ2v) is 3.91. The Morgan fingerprint density at radius 3 is 2.80 bits per heavy atom. The van der Waals surface area contributed by atoms with Crippen molar-refractivity contribution in [1.29, 1.82) is 0 Å². The molecule has 0 saturated heterocycles. The Morgan fingerprint density at radius 1 is 1.60 bits per heavy atom. The molecule has 0 unspecified atom stereocenters. The van der Waals surface area contributed by atoms with E-state index in [2.05, 4.69) is 26.2 Å².